The van der Waals surface area contributed by atoms with Crippen molar-refractivity contribution in [1.82, 2.24) is 4.98 Å². The first-order valence-electron chi connectivity index (χ1n) is 4.42. The van der Waals surface area contributed by atoms with Crippen LogP contribution in [0.3, 0.4) is 0 Å². The van der Waals surface area contributed by atoms with E-state index in [2.05, 4.69) is 17.2 Å². The number of nitrogens with zero attached hydrogens (tertiary/aromatic N) is 2. The number of hydrogen-bond acceptors (Lipinski definition) is 3. The van der Waals surface area contributed by atoms with Crippen LogP contribution in [-0.2, 0) is 0 Å². The molecule has 0 bridgehead atoms. The number of hydrogen-bond donors (Lipinski definition) is 1. The van der Waals surface area contributed by atoms with Gasteiger partial charge in [-0.1, -0.05) is 6.92 Å². The van der Waals surface area contributed by atoms with E-state index in [9.17, 15) is 0 Å². The van der Waals surface area contributed by atoms with E-state index in [4.69, 9.17) is 5.26 Å². The van der Waals surface area contributed by atoms with Crippen LogP contribution in [0.25, 0.3) is 0 Å². The van der Waals surface area contributed by atoms with Crippen LogP contribution in [0.15, 0.2) is 18.3 Å². The summed E-state index contributed by atoms with van der Waals surface area (Å²) in [5.41, 5.74) is 1.47. The van der Waals surface area contributed by atoms with Gasteiger partial charge in [0.1, 0.15) is 11.8 Å². The molecular formula is C10H11N3. The van der Waals surface area contributed by atoms with E-state index in [1.807, 2.05) is 12.1 Å². The van der Waals surface area contributed by atoms with Gasteiger partial charge < -0.3 is 5.32 Å². The van der Waals surface area contributed by atoms with E-state index in [-0.39, 0.29) is 0 Å². The van der Waals surface area contributed by atoms with E-state index < -0.39 is 0 Å². The maximum absolute atomic E-state index is 8.53. The van der Waals surface area contributed by atoms with Crippen molar-refractivity contribution in [3.05, 3.63) is 24.0 Å². The van der Waals surface area contributed by atoms with Crippen molar-refractivity contribution in [1.29, 1.82) is 5.26 Å². The molecule has 1 N–H and O–H groups in total. The SMILES string of the molecule is C[C@@H]1C[C@H]1Nc1ccc(C#N)nc1. The molecule has 3 nitrogen and oxygen atoms in total. The third-order valence-corrected chi connectivity index (χ3v) is 2.34. The van der Waals surface area contributed by atoms with E-state index in [0.29, 0.717) is 11.7 Å². The van der Waals surface area contributed by atoms with Crippen molar-refractivity contribution in [2.45, 2.75) is 19.4 Å². The van der Waals surface area contributed by atoms with Gasteiger partial charge in [-0.05, 0) is 24.5 Å². The average molecular weight is 173 g/mol. The standard InChI is InChI=1S/C10H11N3/c1-7-4-10(7)13-9-3-2-8(5-11)12-6-9/h2-3,6-7,10,13H,4H2,1H3/t7-,10-/m1/s1. The summed E-state index contributed by atoms with van der Waals surface area (Å²) in [6.07, 6.45) is 2.95. The topological polar surface area (TPSA) is 48.7 Å². The summed E-state index contributed by atoms with van der Waals surface area (Å²) in [6.45, 7) is 2.22. The van der Waals surface area contributed by atoms with Crippen molar-refractivity contribution >= 4 is 5.69 Å². The fourth-order valence-corrected chi connectivity index (χ4v) is 1.28. The molecule has 0 spiro atoms. The molecule has 1 aromatic rings. The van der Waals surface area contributed by atoms with Crippen LogP contribution in [0.2, 0.25) is 0 Å². The predicted molar refractivity (Wildman–Crippen MR) is 50.1 cm³/mol. The highest BCUT2D eigenvalue weighted by Crippen LogP contribution is 2.32. The Morgan fingerprint density at radius 2 is 2.38 bits per heavy atom. The van der Waals surface area contributed by atoms with Crippen molar-refractivity contribution in [3.8, 4) is 6.07 Å². The van der Waals surface area contributed by atoms with Gasteiger partial charge in [-0.2, -0.15) is 5.26 Å². The molecule has 0 radical (unpaired) electrons. The Kier molecular flexibility index (Phi) is 1.90. The zero-order valence-electron chi connectivity index (χ0n) is 7.49. The minimum atomic E-state index is 0.467. The lowest BCUT2D eigenvalue weighted by Gasteiger charge is -2.02. The Hall–Kier alpha value is -1.56. The highest BCUT2D eigenvalue weighted by atomic mass is 15.0. The van der Waals surface area contributed by atoms with Crippen molar-refractivity contribution in [2.24, 2.45) is 5.92 Å². The van der Waals surface area contributed by atoms with Crippen LogP contribution in [-0.4, -0.2) is 11.0 Å². The minimum absolute atomic E-state index is 0.467. The Bertz CT molecular complexity index is 336. The van der Waals surface area contributed by atoms with Crippen LogP contribution < -0.4 is 5.32 Å². The highest BCUT2D eigenvalue weighted by Gasteiger charge is 2.32. The summed E-state index contributed by atoms with van der Waals surface area (Å²) in [6, 6.07) is 6.23. The Balaban J connectivity index is 2.02. The third kappa shape index (κ3) is 1.78. The van der Waals surface area contributed by atoms with Crippen molar-refractivity contribution in [3.63, 3.8) is 0 Å². The molecule has 0 aromatic carbocycles. The molecule has 0 unspecified atom stereocenters. The van der Waals surface area contributed by atoms with Gasteiger partial charge in [-0.3, -0.25) is 0 Å². The first-order chi connectivity index (χ1) is 6.29. The molecule has 1 saturated carbocycles. The maximum Gasteiger partial charge on any atom is 0.140 e. The number of nitriles is 1. The van der Waals surface area contributed by atoms with Crippen LogP contribution in [0.1, 0.15) is 19.0 Å². The molecule has 1 aliphatic carbocycles. The van der Waals surface area contributed by atoms with Crippen LogP contribution in [0.5, 0.6) is 0 Å². The number of nitrogens with one attached hydrogen (secondary N) is 1. The van der Waals surface area contributed by atoms with Gasteiger partial charge in [0.2, 0.25) is 0 Å². The van der Waals surface area contributed by atoms with Gasteiger partial charge >= 0.3 is 0 Å². The Morgan fingerprint density at radius 1 is 1.62 bits per heavy atom. The molecule has 13 heavy (non-hydrogen) atoms. The molecule has 2 rings (SSSR count). The van der Waals surface area contributed by atoms with Crippen molar-refractivity contribution < 1.29 is 0 Å². The molecule has 1 aromatic heterocycles. The van der Waals surface area contributed by atoms with Gasteiger partial charge in [0.05, 0.1) is 11.9 Å². The second-order valence-electron chi connectivity index (χ2n) is 3.51. The quantitative estimate of drug-likeness (QED) is 0.741. The second kappa shape index (κ2) is 3.06. The van der Waals surface area contributed by atoms with Gasteiger partial charge in [-0.25, -0.2) is 4.98 Å². The van der Waals surface area contributed by atoms with Gasteiger partial charge in [0.15, 0.2) is 0 Å². The number of anilines is 1. The fourth-order valence-electron chi connectivity index (χ4n) is 1.28. The molecule has 3 heteroatoms. The lowest BCUT2D eigenvalue weighted by molar-refractivity contribution is 0.928. The van der Waals surface area contributed by atoms with Crippen LogP contribution in [0.4, 0.5) is 5.69 Å². The third-order valence-electron chi connectivity index (χ3n) is 2.34. The van der Waals surface area contributed by atoms with Crippen LogP contribution >= 0.6 is 0 Å². The second-order valence-corrected chi connectivity index (χ2v) is 3.51. The van der Waals surface area contributed by atoms with E-state index in [1.54, 1.807) is 12.3 Å². The number of rotatable bonds is 2. The molecule has 0 aliphatic heterocycles. The monoisotopic (exact) mass is 173 g/mol. The molecule has 2 atom stereocenters. The summed E-state index contributed by atoms with van der Waals surface area (Å²) in [4.78, 5) is 3.98. The predicted octanol–water partition coefficient (Wildman–Crippen LogP) is 1.77. The fraction of sp³-hybridized carbons (Fsp3) is 0.400. The molecule has 66 valence electrons. The maximum atomic E-state index is 8.53. The molecule has 1 heterocycles. The first-order valence-corrected chi connectivity index (χ1v) is 4.42. The largest absolute Gasteiger partial charge is 0.381 e. The normalized spacial score (nSPS) is 24.9. The molecule has 1 fully saturated rings. The minimum Gasteiger partial charge on any atom is -0.381 e. The number of pyridine rings is 1. The molecule has 1 aliphatic rings. The average Bonchev–Trinajstić information content (AvgIpc) is 2.83. The van der Waals surface area contributed by atoms with E-state index >= 15 is 0 Å². The Labute approximate surface area is 77.4 Å². The van der Waals surface area contributed by atoms with Crippen LogP contribution in [0, 0.1) is 17.2 Å². The van der Waals surface area contributed by atoms with Gasteiger partial charge in [0, 0.05) is 6.04 Å². The summed E-state index contributed by atoms with van der Waals surface area (Å²) in [5.74, 6) is 0.774. The molecular weight excluding hydrogens is 162 g/mol. The lowest BCUT2D eigenvalue weighted by atomic mass is 10.3. The first kappa shape index (κ1) is 8.06. The van der Waals surface area contributed by atoms with Gasteiger partial charge in [-0.15, -0.1) is 0 Å². The molecule has 0 saturated heterocycles. The highest BCUT2D eigenvalue weighted by molar-refractivity contribution is 5.44. The number of aromatic nitrogens is 1. The summed E-state index contributed by atoms with van der Waals surface area (Å²) >= 11 is 0. The van der Waals surface area contributed by atoms with Gasteiger partial charge in [0.25, 0.3) is 0 Å². The van der Waals surface area contributed by atoms with Crippen molar-refractivity contribution in [2.75, 3.05) is 5.32 Å². The summed E-state index contributed by atoms with van der Waals surface area (Å²) < 4.78 is 0. The lowest BCUT2D eigenvalue weighted by Crippen LogP contribution is -2.03. The molecule has 0 amide bonds. The van der Waals surface area contributed by atoms with E-state index in [0.717, 1.165) is 11.6 Å². The van der Waals surface area contributed by atoms with E-state index in [1.165, 1.54) is 6.42 Å². The smallest absolute Gasteiger partial charge is 0.140 e. The zero-order chi connectivity index (χ0) is 9.26. The zero-order valence-corrected chi connectivity index (χ0v) is 7.49. The summed E-state index contributed by atoms with van der Waals surface area (Å²) in [5, 5.41) is 11.9. The Morgan fingerprint density at radius 3 is 2.85 bits per heavy atom. The summed E-state index contributed by atoms with van der Waals surface area (Å²) in [7, 11) is 0.